The summed E-state index contributed by atoms with van der Waals surface area (Å²) in [5, 5.41) is 4.63. The van der Waals surface area contributed by atoms with E-state index in [4.69, 9.17) is 32.9 Å². The number of hydrogen-bond acceptors (Lipinski definition) is 6. The third-order valence-corrected chi connectivity index (χ3v) is 8.80. The summed E-state index contributed by atoms with van der Waals surface area (Å²) in [6.45, 7) is 5.53. The van der Waals surface area contributed by atoms with E-state index in [1.807, 2.05) is 30.0 Å². The highest BCUT2D eigenvalue weighted by molar-refractivity contribution is 7.89. The quantitative estimate of drug-likeness (QED) is 0.346. The van der Waals surface area contributed by atoms with Gasteiger partial charge < -0.3 is 10.1 Å². The van der Waals surface area contributed by atoms with Crippen molar-refractivity contribution in [3.8, 4) is 5.75 Å². The van der Waals surface area contributed by atoms with Gasteiger partial charge in [-0.05, 0) is 92.9 Å². The number of rotatable bonds is 6. The molecule has 1 saturated heterocycles. The number of piperidine rings is 1. The summed E-state index contributed by atoms with van der Waals surface area (Å²) in [5.41, 5.74) is 1.70. The number of sulfonamides is 1. The molecule has 0 aliphatic carbocycles. The van der Waals surface area contributed by atoms with Gasteiger partial charge in [-0.2, -0.15) is 0 Å². The number of hydrogen-bond donors (Lipinski definition) is 2. The number of nitrogens with zero attached hydrogens (tertiary/aromatic N) is 1. The van der Waals surface area contributed by atoms with Crippen molar-refractivity contribution in [2.24, 2.45) is 4.99 Å². The minimum absolute atomic E-state index is 0.287. The molecule has 5 rings (SSSR count). The molecule has 11 heteroatoms. The first kappa shape index (κ1) is 29.5. The number of halogens is 3. The van der Waals surface area contributed by atoms with Gasteiger partial charge in [0, 0.05) is 33.8 Å². The molecule has 216 valence electrons. The third kappa shape index (κ3) is 5.60. The number of amides is 1. The lowest BCUT2D eigenvalue weighted by molar-refractivity contribution is -0.132. The van der Waals surface area contributed by atoms with Crippen molar-refractivity contribution in [2.75, 3.05) is 12.8 Å². The number of ether oxygens (including phenoxy) is 1. The van der Waals surface area contributed by atoms with Crippen LogP contribution >= 0.6 is 23.2 Å². The van der Waals surface area contributed by atoms with Crippen LogP contribution < -0.4 is 14.8 Å². The lowest BCUT2D eigenvalue weighted by atomic mass is 9.59. The molecule has 0 unspecified atom stereocenters. The van der Waals surface area contributed by atoms with Crippen molar-refractivity contribution >= 4 is 51.0 Å². The smallest absolute Gasteiger partial charge is 0.277 e. The van der Waals surface area contributed by atoms with E-state index in [1.165, 1.54) is 19.9 Å². The molecule has 2 heterocycles. The molecule has 3 atom stereocenters. The second-order valence-electron chi connectivity index (χ2n) is 11.1. The molecule has 0 radical (unpaired) electrons. The van der Waals surface area contributed by atoms with Gasteiger partial charge in [-0.25, -0.2) is 17.5 Å². The molecule has 7 nitrogen and oxygen atoms in total. The number of fused-ring (bicyclic) bond motifs is 2. The maximum absolute atomic E-state index is 14.6. The van der Waals surface area contributed by atoms with Crippen molar-refractivity contribution in [3.05, 3.63) is 92.7 Å². The topological polar surface area (TPSA) is 96.9 Å². The summed E-state index contributed by atoms with van der Waals surface area (Å²) in [7, 11) is -3.80. The van der Waals surface area contributed by atoms with Crippen LogP contribution in [0.3, 0.4) is 0 Å². The summed E-state index contributed by atoms with van der Waals surface area (Å²) in [6, 6.07) is 15.1. The predicted octanol–water partition coefficient (Wildman–Crippen LogP) is 6.15. The molecule has 0 bridgehead atoms. The Morgan fingerprint density at radius 2 is 1.80 bits per heavy atom. The zero-order valence-electron chi connectivity index (χ0n) is 23.0. The monoisotopic (exact) mass is 617 g/mol. The van der Waals surface area contributed by atoms with Gasteiger partial charge in [-0.15, -0.1) is 0 Å². The van der Waals surface area contributed by atoms with E-state index >= 15 is 0 Å². The Morgan fingerprint density at radius 1 is 1.10 bits per heavy atom. The Labute approximate surface area is 249 Å². The van der Waals surface area contributed by atoms with Gasteiger partial charge in [0.1, 0.15) is 11.6 Å². The maximum atomic E-state index is 14.6. The van der Waals surface area contributed by atoms with Gasteiger partial charge in [-0.3, -0.25) is 9.79 Å². The molecular weight excluding hydrogens is 588 g/mol. The van der Waals surface area contributed by atoms with Crippen molar-refractivity contribution in [1.82, 2.24) is 10.0 Å². The summed E-state index contributed by atoms with van der Waals surface area (Å²) >= 11 is 12.9. The zero-order chi connectivity index (χ0) is 29.7. The second-order valence-corrected chi connectivity index (χ2v) is 13.7. The Hall–Kier alpha value is -2.98. The lowest BCUT2D eigenvalue weighted by Crippen LogP contribution is -2.52. The largest absolute Gasteiger partial charge is 0.478 e. The molecule has 3 aromatic rings. The Bertz CT molecular complexity index is 1680. The van der Waals surface area contributed by atoms with Gasteiger partial charge in [0.05, 0.1) is 17.4 Å². The van der Waals surface area contributed by atoms with Crippen molar-refractivity contribution < 1.29 is 22.3 Å². The van der Waals surface area contributed by atoms with Crippen LogP contribution in [0.5, 0.6) is 5.75 Å². The Balaban J connectivity index is 1.69. The van der Waals surface area contributed by atoms with E-state index in [0.29, 0.717) is 40.0 Å². The Kier molecular flexibility index (Phi) is 7.70. The highest BCUT2D eigenvalue weighted by atomic mass is 35.5. The number of nitrogens with one attached hydrogen (secondary N) is 2. The highest BCUT2D eigenvalue weighted by Crippen LogP contribution is 2.57. The molecule has 2 aliphatic heterocycles. The molecule has 2 N–H and O–H groups in total. The van der Waals surface area contributed by atoms with E-state index < -0.39 is 26.9 Å². The fourth-order valence-electron chi connectivity index (χ4n) is 5.91. The van der Waals surface area contributed by atoms with Gasteiger partial charge in [0.25, 0.3) is 5.91 Å². The van der Waals surface area contributed by atoms with E-state index in [0.717, 1.165) is 22.9 Å². The first-order valence-corrected chi connectivity index (χ1v) is 15.7. The van der Waals surface area contributed by atoms with Crippen LogP contribution in [0.25, 0.3) is 0 Å². The molecule has 41 heavy (non-hydrogen) atoms. The first-order chi connectivity index (χ1) is 19.2. The normalized spacial score (nSPS) is 22.0. The first-order valence-electron chi connectivity index (χ1n) is 13.1. The van der Waals surface area contributed by atoms with Gasteiger partial charge >= 0.3 is 0 Å². The average molecular weight is 619 g/mol. The van der Waals surface area contributed by atoms with Crippen LogP contribution in [0.1, 0.15) is 54.5 Å². The van der Waals surface area contributed by atoms with Crippen LogP contribution in [-0.2, 0) is 20.2 Å². The molecule has 0 aromatic heterocycles. The number of carbonyl (C=O) groups is 1. The summed E-state index contributed by atoms with van der Waals surface area (Å²) < 4.78 is 46.4. The minimum atomic E-state index is -3.80. The van der Waals surface area contributed by atoms with Crippen molar-refractivity contribution in [2.45, 2.75) is 50.2 Å². The van der Waals surface area contributed by atoms with Crippen LogP contribution in [-0.4, -0.2) is 38.9 Å². The van der Waals surface area contributed by atoms with Crippen LogP contribution in [0.2, 0.25) is 10.0 Å². The van der Waals surface area contributed by atoms with Gasteiger partial charge in [0.15, 0.2) is 5.60 Å². The summed E-state index contributed by atoms with van der Waals surface area (Å²) in [5.74, 6) is -1.07. The van der Waals surface area contributed by atoms with Gasteiger partial charge in [0.2, 0.25) is 10.0 Å². The fourth-order valence-corrected chi connectivity index (χ4v) is 6.84. The predicted molar refractivity (Wildman–Crippen MR) is 160 cm³/mol. The number of carbonyl (C=O) groups excluding carboxylic acids is 1. The minimum Gasteiger partial charge on any atom is -0.478 e. The SMILES string of the molecule is Cc1ccc(F)cc1[C@H]1NCC[C@H](c2cc(Cl)ccc2OC(C)(C)C(=O)NS(C)(=O)=O)[C@]12C=Nc1cc(Cl)ccc12. The van der Waals surface area contributed by atoms with E-state index in [-0.39, 0.29) is 17.8 Å². The number of aliphatic imine (C=N–C) groups is 1. The van der Waals surface area contributed by atoms with Crippen LogP contribution in [0, 0.1) is 12.7 Å². The zero-order valence-corrected chi connectivity index (χ0v) is 25.3. The van der Waals surface area contributed by atoms with Crippen molar-refractivity contribution in [1.29, 1.82) is 0 Å². The molecule has 1 amide bonds. The van der Waals surface area contributed by atoms with Gasteiger partial charge in [-0.1, -0.05) is 35.3 Å². The Morgan fingerprint density at radius 3 is 2.54 bits per heavy atom. The van der Waals surface area contributed by atoms with E-state index in [9.17, 15) is 17.6 Å². The number of benzene rings is 3. The second kappa shape index (κ2) is 10.7. The molecule has 1 fully saturated rings. The fraction of sp³-hybridized carbons (Fsp3) is 0.333. The van der Waals surface area contributed by atoms with Crippen LogP contribution in [0.4, 0.5) is 10.1 Å². The van der Waals surface area contributed by atoms with Crippen molar-refractivity contribution in [3.63, 3.8) is 0 Å². The van der Waals surface area contributed by atoms with E-state index in [1.54, 1.807) is 36.4 Å². The molecular formula is C30H30Cl2FN3O4S. The summed E-state index contributed by atoms with van der Waals surface area (Å²) in [4.78, 5) is 17.7. The van der Waals surface area contributed by atoms with E-state index in [2.05, 4.69) is 5.32 Å². The summed E-state index contributed by atoms with van der Waals surface area (Å²) in [6.07, 6.45) is 3.43. The third-order valence-electron chi connectivity index (χ3n) is 7.77. The highest BCUT2D eigenvalue weighted by Gasteiger charge is 2.53. The standard InChI is InChI=1S/C30H30Cl2FN3O4S/c1-17-5-8-20(33)15-21(17)27-30(16-35-25-14-19(32)6-9-24(25)30)23(11-12-34-27)22-13-18(31)7-10-26(22)40-29(2,3)28(37)36-41(4,38)39/h5-10,13-16,23,27,34H,11-12H2,1-4H3,(H,36,37)/t23-,27-,30+/m1/s1. The number of aryl methyl sites for hydroxylation is 1. The average Bonchev–Trinajstić information content (AvgIpc) is 3.24. The molecule has 0 saturated carbocycles. The maximum Gasteiger partial charge on any atom is 0.277 e. The molecule has 3 aromatic carbocycles. The molecule has 2 aliphatic rings. The lowest BCUT2D eigenvalue weighted by Gasteiger charge is -2.48. The van der Waals surface area contributed by atoms with Crippen LogP contribution in [0.15, 0.2) is 59.6 Å². The molecule has 1 spiro atoms.